The van der Waals surface area contributed by atoms with E-state index in [-0.39, 0.29) is 47.3 Å². The summed E-state index contributed by atoms with van der Waals surface area (Å²) in [5.41, 5.74) is 0.738. The monoisotopic (exact) mass is 544 g/mol. The van der Waals surface area contributed by atoms with Gasteiger partial charge in [-0.3, -0.25) is 4.79 Å². The van der Waals surface area contributed by atoms with Gasteiger partial charge in [0.2, 0.25) is 0 Å². The Hall–Kier alpha value is -0.910. The van der Waals surface area contributed by atoms with Crippen LogP contribution in [0.15, 0.2) is 12.2 Å². The first kappa shape index (κ1) is 29.6. The zero-order valence-corrected chi connectivity index (χ0v) is 25.6. The lowest BCUT2D eigenvalue weighted by Crippen LogP contribution is -2.67. The van der Waals surface area contributed by atoms with Gasteiger partial charge in [0.25, 0.3) is 0 Å². The average Bonchev–Trinajstić information content (AvgIpc) is 3.31. The fourth-order valence-electron chi connectivity index (χ4n) is 11.9. The van der Waals surface area contributed by atoms with Crippen molar-refractivity contribution in [2.45, 2.75) is 112 Å². The van der Waals surface area contributed by atoms with E-state index < -0.39 is 16.9 Å². The van der Waals surface area contributed by atoms with Gasteiger partial charge in [-0.05, 0) is 117 Å². The predicted octanol–water partition coefficient (Wildman–Crippen LogP) is 6.15. The van der Waals surface area contributed by atoms with E-state index in [2.05, 4.69) is 41.2 Å². The first-order chi connectivity index (χ1) is 18.2. The lowest BCUT2D eigenvalue weighted by molar-refractivity contribution is -0.254. The molecule has 5 rings (SSSR count). The van der Waals surface area contributed by atoms with Crippen molar-refractivity contribution in [3.63, 3.8) is 0 Å². The van der Waals surface area contributed by atoms with Gasteiger partial charge in [-0.1, -0.05) is 46.8 Å². The maximum Gasteiger partial charge on any atom is 0.312 e. The number of allylic oxidation sites excluding steroid dienone is 1. The van der Waals surface area contributed by atoms with Crippen LogP contribution in [0.4, 0.5) is 0 Å². The lowest BCUT2D eigenvalue weighted by Gasteiger charge is -2.72. The molecular weight excluding hydrogens is 488 g/mol. The van der Waals surface area contributed by atoms with Crippen LogP contribution in [-0.4, -0.2) is 47.2 Å². The van der Waals surface area contributed by atoms with Crippen molar-refractivity contribution in [3.05, 3.63) is 12.2 Å². The molecule has 0 aromatic heterocycles. The molecule has 0 aliphatic heterocycles. The van der Waals surface area contributed by atoms with Crippen LogP contribution in [0, 0.1) is 62.6 Å². The minimum Gasteiger partial charge on any atom is -0.465 e. The fraction of sp³-hybridized carbons (Fsp3) is 0.912. The van der Waals surface area contributed by atoms with Crippen LogP contribution in [0.3, 0.4) is 0 Å². The number of fused-ring (bicyclic) bond motifs is 7. The lowest BCUT2D eigenvalue weighted by atomic mass is 9.32. The Morgan fingerprint density at radius 3 is 2.28 bits per heavy atom. The Labute approximate surface area is 237 Å². The van der Waals surface area contributed by atoms with Crippen molar-refractivity contribution < 1.29 is 24.9 Å². The van der Waals surface area contributed by atoms with Gasteiger partial charge in [-0.2, -0.15) is 0 Å². The van der Waals surface area contributed by atoms with Gasteiger partial charge in [-0.25, -0.2) is 0 Å². The minimum absolute atomic E-state index is 0.0264. The maximum atomic E-state index is 13.9. The summed E-state index contributed by atoms with van der Waals surface area (Å²) in [5, 5.41) is 31.0. The predicted molar refractivity (Wildman–Crippen MR) is 154 cm³/mol. The summed E-state index contributed by atoms with van der Waals surface area (Å²) >= 11 is 0. The van der Waals surface area contributed by atoms with Crippen LogP contribution in [0.2, 0.25) is 0 Å². The van der Waals surface area contributed by atoms with Crippen molar-refractivity contribution in [1.29, 1.82) is 0 Å². The quantitative estimate of drug-likeness (QED) is 0.276. The second-order valence-corrected chi connectivity index (χ2v) is 15.9. The molecule has 0 radical (unpaired) electrons. The molecule has 5 fully saturated rings. The Kier molecular flexibility index (Phi) is 7.46. The number of ether oxygens (including phenoxy) is 1. The number of carbonyl (C=O) groups is 1. The highest BCUT2D eigenvalue weighted by molar-refractivity contribution is 5.78. The fourth-order valence-corrected chi connectivity index (χ4v) is 11.9. The van der Waals surface area contributed by atoms with Gasteiger partial charge in [0.05, 0.1) is 24.7 Å². The van der Waals surface area contributed by atoms with Crippen molar-refractivity contribution in [1.82, 2.24) is 0 Å². The van der Waals surface area contributed by atoms with Gasteiger partial charge in [0, 0.05) is 17.9 Å². The third kappa shape index (κ3) is 3.91. The highest BCUT2D eigenvalue weighted by atomic mass is 16.5. The van der Waals surface area contributed by atoms with Crippen LogP contribution in [0.1, 0.15) is 106 Å². The molecule has 3 N–H and O–H groups in total. The summed E-state index contributed by atoms with van der Waals surface area (Å²) in [6.07, 6.45) is 9.70. The van der Waals surface area contributed by atoms with Gasteiger partial charge < -0.3 is 20.1 Å². The van der Waals surface area contributed by atoms with Gasteiger partial charge in [0.15, 0.2) is 0 Å². The van der Waals surface area contributed by atoms with Crippen LogP contribution in [0.5, 0.6) is 0 Å². The molecule has 5 saturated carbocycles. The molecule has 0 bridgehead atoms. The molecule has 0 spiro atoms. The van der Waals surface area contributed by atoms with Crippen LogP contribution in [-0.2, 0) is 9.53 Å². The van der Waals surface area contributed by atoms with Crippen molar-refractivity contribution in [3.8, 4) is 0 Å². The summed E-state index contributed by atoms with van der Waals surface area (Å²) < 4.78 is 5.97. The van der Waals surface area contributed by atoms with E-state index in [1.165, 1.54) is 5.57 Å². The largest absolute Gasteiger partial charge is 0.465 e. The molecule has 5 aliphatic carbocycles. The smallest absolute Gasteiger partial charge is 0.312 e. The number of carbonyl (C=O) groups excluding carboxylic acids is 1. The van der Waals surface area contributed by atoms with E-state index in [0.717, 1.165) is 64.2 Å². The average molecular weight is 545 g/mol. The van der Waals surface area contributed by atoms with Gasteiger partial charge >= 0.3 is 5.97 Å². The normalized spacial score (nSPS) is 51.6. The Morgan fingerprint density at radius 2 is 1.64 bits per heavy atom. The third-order valence-electron chi connectivity index (χ3n) is 14.4. The Morgan fingerprint density at radius 1 is 0.923 bits per heavy atom. The van der Waals surface area contributed by atoms with E-state index >= 15 is 0 Å². The van der Waals surface area contributed by atoms with Crippen LogP contribution in [0.25, 0.3) is 0 Å². The van der Waals surface area contributed by atoms with E-state index in [9.17, 15) is 20.1 Å². The van der Waals surface area contributed by atoms with Crippen LogP contribution >= 0.6 is 0 Å². The number of esters is 1. The third-order valence-corrected chi connectivity index (χ3v) is 14.4. The molecule has 0 aromatic rings. The molecule has 0 amide bonds. The molecule has 0 heterocycles. The summed E-state index contributed by atoms with van der Waals surface area (Å²) in [5.74, 6) is 1.90. The summed E-state index contributed by atoms with van der Waals surface area (Å²) in [6.45, 7) is 18.7. The second-order valence-electron chi connectivity index (χ2n) is 15.9. The first-order valence-electron chi connectivity index (χ1n) is 16.0. The molecule has 5 aliphatic rings. The topological polar surface area (TPSA) is 87.0 Å². The summed E-state index contributed by atoms with van der Waals surface area (Å²) in [4.78, 5) is 13.9. The number of hydrogen-bond donors (Lipinski definition) is 3. The zero-order valence-electron chi connectivity index (χ0n) is 25.6. The van der Waals surface area contributed by atoms with Crippen LogP contribution < -0.4 is 0 Å². The number of rotatable bonds is 6. The van der Waals surface area contributed by atoms with E-state index in [0.29, 0.717) is 30.3 Å². The molecule has 222 valence electrons. The van der Waals surface area contributed by atoms with Gasteiger partial charge in [0.1, 0.15) is 0 Å². The van der Waals surface area contributed by atoms with E-state index in [1.807, 2.05) is 6.92 Å². The Bertz CT molecular complexity index is 979. The molecule has 39 heavy (non-hydrogen) atoms. The molecular formula is C34H56O5. The zero-order chi connectivity index (χ0) is 28.6. The minimum atomic E-state index is -0.433. The van der Waals surface area contributed by atoms with Crippen molar-refractivity contribution in [2.75, 3.05) is 19.8 Å². The molecule has 0 saturated heterocycles. The van der Waals surface area contributed by atoms with Gasteiger partial charge in [-0.15, -0.1) is 0 Å². The van der Waals surface area contributed by atoms with E-state index in [4.69, 9.17) is 4.74 Å². The van der Waals surface area contributed by atoms with Crippen molar-refractivity contribution >= 4 is 5.97 Å². The molecule has 5 nitrogen and oxygen atoms in total. The standard InChI is InChI=1S/C34H56O5/c1-21(2)23-10-15-34(29(38)39-19-22(3)18-35)17-16-32(6)24(28(23)34)8-9-26-30(4)13-12-27(37)31(5,20-36)25(30)11-14-33(26,32)7/h22-28,35-37H,1,8-20H2,2-7H3/t22?,23?,24?,25-,26?,27+,28?,30+,31+,32-,33-,34+/m1/s1. The number of aliphatic hydroxyl groups excluding tert-OH is 3. The molecule has 12 atom stereocenters. The maximum absolute atomic E-state index is 13.9. The number of aliphatic hydroxyl groups is 3. The SMILES string of the molecule is C=C(C)C1CC[C@]2(C(=O)OCC(C)CO)CC[C@]3(C)C(CCC4[C@@]5(C)CC[C@H](O)[C@@](C)(CO)[C@@H]5CC[C@]43C)C12. The van der Waals surface area contributed by atoms with Crippen molar-refractivity contribution in [2.24, 2.45) is 62.6 Å². The highest BCUT2D eigenvalue weighted by Gasteiger charge is 2.72. The second kappa shape index (κ2) is 9.83. The first-order valence-corrected chi connectivity index (χ1v) is 16.0. The summed E-state index contributed by atoms with van der Waals surface area (Å²) in [6, 6.07) is 0. The molecule has 5 unspecified atom stereocenters. The molecule has 5 heteroatoms. The summed E-state index contributed by atoms with van der Waals surface area (Å²) in [7, 11) is 0. The highest BCUT2D eigenvalue weighted by Crippen LogP contribution is 2.77. The molecule has 0 aromatic carbocycles. The Balaban J connectivity index is 1.51. The number of hydrogen-bond acceptors (Lipinski definition) is 5. The van der Waals surface area contributed by atoms with E-state index in [1.54, 1.807) is 0 Å².